The van der Waals surface area contributed by atoms with Crippen molar-refractivity contribution in [2.75, 3.05) is 40.4 Å². The third kappa shape index (κ3) is 15.8. The minimum Gasteiger partial charge on any atom is -0.478 e. The van der Waals surface area contributed by atoms with Gasteiger partial charge in [-0.3, -0.25) is 0 Å². The van der Waals surface area contributed by atoms with Crippen LogP contribution in [0.3, 0.4) is 0 Å². The first kappa shape index (κ1) is 36.3. The summed E-state index contributed by atoms with van der Waals surface area (Å²) in [6.07, 6.45) is 8.12. The van der Waals surface area contributed by atoms with Crippen molar-refractivity contribution >= 4 is 40.0 Å². The summed E-state index contributed by atoms with van der Waals surface area (Å²) in [5.41, 5.74) is 3.52. The number of aryl methyl sites for hydroxylation is 2. The smallest absolute Gasteiger partial charge is 0.228 e. The van der Waals surface area contributed by atoms with Crippen LogP contribution in [0.25, 0.3) is 0 Å². The number of aliphatic imine (C=N–C) groups is 2. The van der Waals surface area contributed by atoms with Crippen LogP contribution < -0.4 is 9.47 Å². The van der Waals surface area contributed by atoms with Crippen LogP contribution in [0.2, 0.25) is 0 Å². The Morgan fingerprint density at radius 1 is 0.805 bits per heavy atom. The highest BCUT2D eigenvalue weighted by atomic mass is 79.9. The molecule has 0 atom stereocenters. The molecule has 0 amide bonds. The van der Waals surface area contributed by atoms with Crippen molar-refractivity contribution in [1.82, 2.24) is 19.8 Å². The van der Waals surface area contributed by atoms with Crippen LogP contribution in [0.5, 0.6) is 11.8 Å². The zero-order chi connectivity index (χ0) is 30.8. The van der Waals surface area contributed by atoms with E-state index >= 15 is 0 Å². The third-order valence-electron chi connectivity index (χ3n) is 6.27. The third-order valence-corrected chi connectivity index (χ3v) is 6.83. The van der Waals surface area contributed by atoms with Crippen LogP contribution in [0.1, 0.15) is 78.6 Å². The Kier molecular flexibility index (Phi) is 17.9. The molecule has 0 bridgehead atoms. The lowest BCUT2D eigenvalue weighted by Crippen LogP contribution is -2.14. The highest BCUT2D eigenvalue weighted by molar-refractivity contribution is 9.10. The summed E-state index contributed by atoms with van der Waals surface area (Å²) in [5, 5.41) is 0. The Labute approximate surface area is 257 Å². The van der Waals surface area contributed by atoms with Crippen molar-refractivity contribution in [3.8, 4) is 11.8 Å². The topological polar surface area (TPSA) is 75.4 Å². The van der Waals surface area contributed by atoms with Gasteiger partial charge in [-0.1, -0.05) is 27.7 Å². The maximum atomic E-state index is 5.75. The fourth-order valence-corrected chi connectivity index (χ4v) is 3.76. The van der Waals surface area contributed by atoms with E-state index in [-0.39, 0.29) is 0 Å². The molecule has 0 radical (unpaired) electrons. The molecule has 9 heteroatoms. The van der Waals surface area contributed by atoms with Crippen LogP contribution in [0.4, 0.5) is 11.4 Å². The standard InChI is InChI=1S/C16H26BrN3O.C16H27N3O/c1-6-20(5)11-18-15-10-14(17)16(19-13(15)4)21-9-7-8-12(2)3;1-6-19(5)12-17-15-9-10-16(18-14(15)4)20-11-7-8-13(2)3/h10-12H,6-9H2,1-5H3;9-10,12-13H,6-8,11H2,1-5H3. The number of nitrogens with zero attached hydrogens (tertiary/aromatic N) is 6. The monoisotopic (exact) mass is 632 g/mol. The van der Waals surface area contributed by atoms with E-state index in [1.165, 1.54) is 12.8 Å². The van der Waals surface area contributed by atoms with Gasteiger partial charge in [0.05, 0.1) is 53.1 Å². The molecule has 0 N–H and O–H groups in total. The van der Waals surface area contributed by atoms with Gasteiger partial charge in [0.25, 0.3) is 0 Å². The zero-order valence-electron chi connectivity index (χ0n) is 27.1. The average molecular weight is 634 g/mol. The van der Waals surface area contributed by atoms with Gasteiger partial charge in [0, 0.05) is 33.3 Å². The SMILES string of the molecule is CCN(C)C=Nc1cc(Br)c(OCCCC(C)C)nc1C.CCN(C)C=Nc1ccc(OCCCC(C)C)nc1C. The number of pyridine rings is 2. The second-order valence-electron chi connectivity index (χ2n) is 11.0. The molecule has 8 nitrogen and oxygen atoms in total. The molecular weight excluding hydrogens is 580 g/mol. The molecule has 2 aromatic heterocycles. The lowest BCUT2D eigenvalue weighted by Gasteiger charge is -2.11. The molecule has 0 spiro atoms. The predicted molar refractivity (Wildman–Crippen MR) is 178 cm³/mol. The predicted octanol–water partition coefficient (Wildman–Crippen LogP) is 8.40. The van der Waals surface area contributed by atoms with Crippen molar-refractivity contribution in [2.45, 2.75) is 81.1 Å². The zero-order valence-corrected chi connectivity index (χ0v) is 28.7. The summed E-state index contributed by atoms with van der Waals surface area (Å²) in [6, 6.07) is 5.81. The Morgan fingerprint density at radius 2 is 1.32 bits per heavy atom. The summed E-state index contributed by atoms with van der Waals surface area (Å²) >= 11 is 3.51. The Bertz CT molecular complexity index is 1070. The highest BCUT2D eigenvalue weighted by Crippen LogP contribution is 2.29. The number of hydrogen-bond acceptors (Lipinski definition) is 6. The second-order valence-corrected chi connectivity index (χ2v) is 11.9. The molecule has 0 aliphatic heterocycles. The van der Waals surface area contributed by atoms with Gasteiger partial charge in [0.2, 0.25) is 11.8 Å². The highest BCUT2D eigenvalue weighted by Gasteiger charge is 2.08. The summed E-state index contributed by atoms with van der Waals surface area (Å²) < 4.78 is 12.3. The Balaban J connectivity index is 0.000000410. The molecule has 2 rings (SSSR count). The summed E-state index contributed by atoms with van der Waals surface area (Å²) in [4.78, 5) is 21.8. The number of ether oxygens (including phenoxy) is 2. The summed E-state index contributed by atoms with van der Waals surface area (Å²) in [7, 11) is 3.99. The first-order valence-electron chi connectivity index (χ1n) is 14.9. The van der Waals surface area contributed by atoms with Crippen molar-refractivity contribution in [3.63, 3.8) is 0 Å². The van der Waals surface area contributed by atoms with Crippen molar-refractivity contribution < 1.29 is 9.47 Å². The van der Waals surface area contributed by atoms with Crippen LogP contribution in [0.15, 0.2) is 32.7 Å². The number of rotatable bonds is 16. The van der Waals surface area contributed by atoms with Gasteiger partial charge in [-0.15, -0.1) is 0 Å². The molecule has 0 saturated heterocycles. The second kappa shape index (κ2) is 20.2. The van der Waals surface area contributed by atoms with Gasteiger partial charge in [-0.25, -0.2) is 20.0 Å². The molecule has 0 aromatic carbocycles. The van der Waals surface area contributed by atoms with Gasteiger partial charge in [0.15, 0.2) is 0 Å². The van der Waals surface area contributed by atoms with E-state index < -0.39 is 0 Å². The lowest BCUT2D eigenvalue weighted by molar-refractivity contribution is 0.285. The molecule has 41 heavy (non-hydrogen) atoms. The van der Waals surface area contributed by atoms with Crippen molar-refractivity contribution in [2.24, 2.45) is 21.8 Å². The fourth-order valence-electron chi connectivity index (χ4n) is 3.34. The van der Waals surface area contributed by atoms with E-state index in [0.29, 0.717) is 24.3 Å². The minimum absolute atomic E-state index is 0.652. The van der Waals surface area contributed by atoms with Crippen LogP contribution in [-0.2, 0) is 0 Å². The molecule has 2 heterocycles. The fraction of sp³-hybridized carbons (Fsp3) is 0.625. The van der Waals surface area contributed by atoms with Gasteiger partial charge in [-0.05, 0) is 93.3 Å². The van der Waals surface area contributed by atoms with E-state index in [1.807, 2.05) is 68.6 Å². The lowest BCUT2D eigenvalue weighted by atomic mass is 10.1. The molecule has 0 aliphatic carbocycles. The van der Waals surface area contributed by atoms with E-state index in [9.17, 15) is 0 Å². The van der Waals surface area contributed by atoms with Crippen LogP contribution in [-0.4, -0.2) is 72.8 Å². The number of aromatic nitrogens is 2. The molecule has 0 unspecified atom stereocenters. The van der Waals surface area contributed by atoms with Gasteiger partial charge >= 0.3 is 0 Å². The number of halogens is 1. The Morgan fingerprint density at radius 3 is 1.83 bits per heavy atom. The first-order chi connectivity index (χ1) is 19.5. The van der Waals surface area contributed by atoms with Gasteiger partial charge in [-0.2, -0.15) is 0 Å². The summed E-state index contributed by atoms with van der Waals surface area (Å²) in [5.74, 6) is 2.77. The van der Waals surface area contributed by atoms with Crippen molar-refractivity contribution in [3.05, 3.63) is 34.1 Å². The van der Waals surface area contributed by atoms with E-state index in [0.717, 1.165) is 65.7 Å². The summed E-state index contributed by atoms with van der Waals surface area (Å²) in [6.45, 7) is 20.3. The van der Waals surface area contributed by atoms with E-state index in [2.05, 4.69) is 77.4 Å². The van der Waals surface area contributed by atoms with E-state index in [1.54, 1.807) is 0 Å². The first-order valence-corrected chi connectivity index (χ1v) is 15.6. The molecular formula is C32H53BrN6O2. The molecule has 0 aliphatic rings. The molecule has 230 valence electrons. The van der Waals surface area contributed by atoms with Crippen LogP contribution in [0, 0.1) is 25.7 Å². The average Bonchev–Trinajstić information content (AvgIpc) is 2.93. The number of hydrogen-bond donors (Lipinski definition) is 0. The largest absolute Gasteiger partial charge is 0.478 e. The maximum absolute atomic E-state index is 5.75. The van der Waals surface area contributed by atoms with Crippen LogP contribution >= 0.6 is 15.9 Å². The normalized spacial score (nSPS) is 11.3. The molecule has 2 aromatic rings. The molecule has 0 saturated carbocycles. The Hall–Kier alpha value is -2.68. The van der Waals surface area contributed by atoms with Gasteiger partial charge in [0.1, 0.15) is 0 Å². The molecule has 0 fully saturated rings. The van der Waals surface area contributed by atoms with Gasteiger partial charge < -0.3 is 19.3 Å². The quantitative estimate of drug-likeness (QED) is 0.105. The van der Waals surface area contributed by atoms with Crippen molar-refractivity contribution in [1.29, 1.82) is 0 Å². The minimum atomic E-state index is 0.652. The van der Waals surface area contributed by atoms with E-state index in [4.69, 9.17) is 9.47 Å². The maximum Gasteiger partial charge on any atom is 0.228 e.